The molecule has 0 aliphatic rings. The molecular weight excluding hydrogens is 206 g/mol. The van der Waals surface area contributed by atoms with Crippen molar-refractivity contribution in [2.24, 2.45) is 0 Å². The monoisotopic (exact) mass is 227 g/mol. The Balaban J connectivity index is 2.50. The van der Waals surface area contributed by atoms with Crippen LogP contribution in [-0.2, 0) is 6.54 Å². The maximum absolute atomic E-state index is 10.0. The number of thiophene rings is 1. The van der Waals surface area contributed by atoms with Crippen LogP contribution in [0.3, 0.4) is 0 Å². The maximum atomic E-state index is 10.0. The Morgan fingerprint density at radius 3 is 2.67 bits per heavy atom. The van der Waals surface area contributed by atoms with Crippen molar-refractivity contribution in [1.82, 2.24) is 4.90 Å². The summed E-state index contributed by atoms with van der Waals surface area (Å²) in [5.41, 5.74) is -0.562. The molecule has 0 saturated carbocycles. The van der Waals surface area contributed by atoms with Crippen LogP contribution in [0.25, 0.3) is 0 Å². The van der Waals surface area contributed by atoms with Gasteiger partial charge in [0.25, 0.3) is 0 Å². The molecule has 0 saturated heterocycles. The van der Waals surface area contributed by atoms with E-state index in [1.165, 1.54) is 4.88 Å². The highest BCUT2D eigenvalue weighted by Gasteiger charge is 2.21. The lowest BCUT2D eigenvalue weighted by Crippen LogP contribution is -2.39. The van der Waals surface area contributed by atoms with E-state index in [0.29, 0.717) is 0 Å². The van der Waals surface area contributed by atoms with E-state index in [-0.39, 0.29) is 0 Å². The number of aliphatic hydroxyl groups is 1. The van der Waals surface area contributed by atoms with E-state index in [9.17, 15) is 5.11 Å². The fourth-order valence-corrected chi connectivity index (χ4v) is 2.24. The van der Waals surface area contributed by atoms with E-state index in [4.69, 9.17) is 0 Å². The lowest BCUT2D eigenvalue weighted by molar-refractivity contribution is 0.0158. The fraction of sp³-hybridized carbons (Fsp3) is 0.667. The lowest BCUT2D eigenvalue weighted by atomic mass is 10.0. The van der Waals surface area contributed by atoms with Gasteiger partial charge in [-0.1, -0.05) is 19.9 Å². The van der Waals surface area contributed by atoms with Gasteiger partial charge in [-0.25, -0.2) is 0 Å². The third-order valence-corrected chi connectivity index (χ3v) is 3.59. The fourth-order valence-electron chi connectivity index (χ4n) is 1.50. The van der Waals surface area contributed by atoms with Crippen molar-refractivity contribution in [3.8, 4) is 0 Å². The Morgan fingerprint density at radius 1 is 1.47 bits per heavy atom. The molecule has 1 aromatic heterocycles. The predicted molar refractivity (Wildman–Crippen MR) is 66.2 cm³/mol. The van der Waals surface area contributed by atoms with Crippen molar-refractivity contribution < 1.29 is 5.11 Å². The Morgan fingerprint density at radius 2 is 2.20 bits per heavy atom. The van der Waals surface area contributed by atoms with Gasteiger partial charge in [0, 0.05) is 18.0 Å². The number of rotatable bonds is 6. The molecule has 1 heterocycles. The van der Waals surface area contributed by atoms with Gasteiger partial charge in [-0.15, -0.1) is 11.3 Å². The Kier molecular flexibility index (Phi) is 4.77. The molecule has 15 heavy (non-hydrogen) atoms. The van der Waals surface area contributed by atoms with Crippen LogP contribution in [0.2, 0.25) is 0 Å². The van der Waals surface area contributed by atoms with Gasteiger partial charge in [0.15, 0.2) is 0 Å². The molecule has 0 aliphatic heterocycles. The largest absolute Gasteiger partial charge is 0.389 e. The maximum Gasteiger partial charge on any atom is 0.0743 e. The zero-order chi connectivity index (χ0) is 11.3. The van der Waals surface area contributed by atoms with E-state index < -0.39 is 5.60 Å². The summed E-state index contributed by atoms with van der Waals surface area (Å²) in [6, 6.07) is 4.22. The molecule has 0 amide bonds. The average molecular weight is 227 g/mol. The van der Waals surface area contributed by atoms with Crippen molar-refractivity contribution >= 4 is 11.3 Å². The number of likely N-dealkylation sites (N-methyl/N-ethyl adjacent to an activating group) is 1. The molecule has 1 atom stereocenters. The number of nitrogens with zero attached hydrogens (tertiary/aromatic N) is 1. The summed E-state index contributed by atoms with van der Waals surface area (Å²) < 4.78 is 0. The van der Waals surface area contributed by atoms with Crippen LogP contribution in [0.4, 0.5) is 0 Å². The van der Waals surface area contributed by atoms with E-state index in [1.54, 1.807) is 11.3 Å². The van der Waals surface area contributed by atoms with Gasteiger partial charge >= 0.3 is 0 Å². The number of hydrogen-bond donors (Lipinski definition) is 1. The molecule has 1 unspecified atom stereocenters. The van der Waals surface area contributed by atoms with Crippen LogP contribution in [-0.4, -0.2) is 28.7 Å². The van der Waals surface area contributed by atoms with Crippen LogP contribution >= 0.6 is 11.3 Å². The Labute approximate surface area is 96.5 Å². The molecule has 3 heteroatoms. The van der Waals surface area contributed by atoms with Gasteiger partial charge in [0.05, 0.1) is 5.60 Å². The molecule has 0 fully saturated rings. The van der Waals surface area contributed by atoms with Crippen molar-refractivity contribution in [2.75, 3.05) is 13.1 Å². The highest BCUT2D eigenvalue weighted by molar-refractivity contribution is 7.09. The van der Waals surface area contributed by atoms with Crippen LogP contribution in [0.5, 0.6) is 0 Å². The Bertz CT molecular complexity index is 269. The molecular formula is C12H21NOS. The first-order chi connectivity index (χ1) is 7.07. The highest BCUT2D eigenvalue weighted by Crippen LogP contribution is 2.16. The molecule has 0 bridgehead atoms. The minimum absolute atomic E-state index is 0.562. The van der Waals surface area contributed by atoms with E-state index in [1.807, 2.05) is 13.8 Å². The molecule has 1 rings (SSSR count). The third-order valence-electron chi connectivity index (χ3n) is 2.73. The molecule has 2 nitrogen and oxygen atoms in total. The highest BCUT2D eigenvalue weighted by atomic mass is 32.1. The van der Waals surface area contributed by atoms with Crippen molar-refractivity contribution in [1.29, 1.82) is 0 Å². The number of hydrogen-bond acceptors (Lipinski definition) is 3. The molecule has 1 N–H and O–H groups in total. The standard InChI is InChI=1S/C12H21NOS/c1-4-12(3,14)10-13(5-2)9-11-7-6-8-15-11/h6-8,14H,4-5,9-10H2,1-3H3. The molecule has 0 spiro atoms. The predicted octanol–water partition coefficient (Wildman–Crippen LogP) is 2.73. The zero-order valence-electron chi connectivity index (χ0n) is 9.86. The topological polar surface area (TPSA) is 23.5 Å². The third kappa shape index (κ3) is 4.33. The van der Waals surface area contributed by atoms with Gasteiger partial charge in [-0.05, 0) is 31.3 Å². The van der Waals surface area contributed by atoms with Crippen LogP contribution in [0.15, 0.2) is 17.5 Å². The Hall–Kier alpha value is -0.380. The first-order valence-corrected chi connectivity index (χ1v) is 6.42. The summed E-state index contributed by atoms with van der Waals surface area (Å²) in [6.45, 7) is 8.75. The van der Waals surface area contributed by atoms with Crippen molar-refractivity contribution in [2.45, 2.75) is 39.3 Å². The summed E-state index contributed by atoms with van der Waals surface area (Å²) in [5.74, 6) is 0. The molecule has 86 valence electrons. The zero-order valence-corrected chi connectivity index (χ0v) is 10.7. The van der Waals surface area contributed by atoms with Crippen molar-refractivity contribution in [3.05, 3.63) is 22.4 Å². The van der Waals surface area contributed by atoms with Gasteiger partial charge in [-0.2, -0.15) is 0 Å². The van der Waals surface area contributed by atoms with E-state index >= 15 is 0 Å². The summed E-state index contributed by atoms with van der Waals surface area (Å²) in [5, 5.41) is 12.1. The van der Waals surface area contributed by atoms with Gasteiger partial charge in [0.1, 0.15) is 0 Å². The summed E-state index contributed by atoms with van der Waals surface area (Å²) in [4.78, 5) is 3.65. The van der Waals surface area contributed by atoms with E-state index in [2.05, 4.69) is 29.3 Å². The molecule has 0 aliphatic carbocycles. The van der Waals surface area contributed by atoms with Gasteiger partial charge in [0.2, 0.25) is 0 Å². The minimum atomic E-state index is -0.562. The smallest absolute Gasteiger partial charge is 0.0743 e. The normalized spacial score (nSPS) is 15.5. The van der Waals surface area contributed by atoms with Crippen LogP contribution in [0.1, 0.15) is 32.1 Å². The first kappa shape index (κ1) is 12.7. The van der Waals surface area contributed by atoms with Gasteiger partial charge in [-0.3, -0.25) is 4.90 Å². The second kappa shape index (κ2) is 5.64. The van der Waals surface area contributed by atoms with Crippen LogP contribution < -0.4 is 0 Å². The summed E-state index contributed by atoms with van der Waals surface area (Å²) >= 11 is 1.78. The summed E-state index contributed by atoms with van der Waals surface area (Å²) in [7, 11) is 0. The first-order valence-electron chi connectivity index (χ1n) is 5.54. The summed E-state index contributed by atoms with van der Waals surface area (Å²) in [6.07, 6.45) is 0.800. The lowest BCUT2D eigenvalue weighted by Gasteiger charge is -2.29. The molecule has 1 aromatic rings. The van der Waals surface area contributed by atoms with Gasteiger partial charge < -0.3 is 5.11 Å². The van der Waals surface area contributed by atoms with Crippen LogP contribution in [0, 0.1) is 0 Å². The molecule has 0 aromatic carbocycles. The minimum Gasteiger partial charge on any atom is -0.389 e. The van der Waals surface area contributed by atoms with Crippen molar-refractivity contribution in [3.63, 3.8) is 0 Å². The second-order valence-corrected chi connectivity index (χ2v) is 5.27. The second-order valence-electron chi connectivity index (χ2n) is 4.23. The SMILES string of the molecule is CCN(Cc1cccs1)CC(C)(O)CC. The average Bonchev–Trinajstić information content (AvgIpc) is 2.69. The quantitative estimate of drug-likeness (QED) is 0.808. The van der Waals surface area contributed by atoms with E-state index in [0.717, 1.165) is 26.1 Å². The molecule has 0 radical (unpaired) electrons.